The Morgan fingerprint density at radius 2 is 1.50 bits per heavy atom. The van der Waals surface area contributed by atoms with Crippen molar-refractivity contribution in [2.45, 2.75) is 56.4 Å². The highest BCUT2D eigenvalue weighted by Crippen LogP contribution is 2.40. The van der Waals surface area contributed by atoms with E-state index in [1.54, 1.807) is 15.9 Å². The lowest BCUT2D eigenvalue weighted by Crippen LogP contribution is -2.52. The molecule has 16 heteroatoms. The quantitative estimate of drug-likeness (QED) is 0.483. The van der Waals surface area contributed by atoms with E-state index in [9.17, 15) is 44.3 Å². The van der Waals surface area contributed by atoms with Crippen molar-refractivity contribution < 1.29 is 58.5 Å². The molecule has 2 unspecified atom stereocenters. The van der Waals surface area contributed by atoms with Gasteiger partial charge in [-0.05, 0) is 24.5 Å². The number of halogens is 9. The van der Waals surface area contributed by atoms with E-state index in [1.807, 2.05) is 0 Å². The first-order chi connectivity index (χ1) is 17.6. The Morgan fingerprint density at radius 1 is 0.921 bits per heavy atom. The average Bonchev–Trinajstić information content (AvgIpc) is 3.13. The Balaban J connectivity index is 1.44. The number of hydrogen-bond acceptors (Lipinski definition) is 6. The normalized spacial score (nSPS) is 23.2. The second kappa shape index (κ2) is 10.5. The Morgan fingerprint density at radius 3 is 2.03 bits per heavy atom. The molecule has 0 N–H and O–H groups in total. The molecule has 214 valence electrons. The van der Waals surface area contributed by atoms with Gasteiger partial charge in [0.1, 0.15) is 0 Å². The van der Waals surface area contributed by atoms with Gasteiger partial charge in [0.05, 0.1) is 17.9 Å². The molecule has 7 nitrogen and oxygen atoms in total. The molecule has 0 aliphatic carbocycles. The number of ether oxygens (including phenoxy) is 3. The molecule has 0 radical (unpaired) electrons. The first-order valence-electron chi connectivity index (χ1n) is 11.7. The van der Waals surface area contributed by atoms with Crippen LogP contribution in [-0.2, 0) is 16.0 Å². The van der Waals surface area contributed by atoms with Gasteiger partial charge in [-0.2, -0.15) is 26.3 Å². The van der Waals surface area contributed by atoms with Gasteiger partial charge in [-0.1, -0.05) is 12.1 Å². The van der Waals surface area contributed by atoms with Gasteiger partial charge in [-0.15, -0.1) is 13.2 Å². The van der Waals surface area contributed by atoms with Crippen LogP contribution in [0.15, 0.2) is 18.2 Å². The molecule has 3 fully saturated rings. The third-order valence-electron chi connectivity index (χ3n) is 6.51. The second-order valence-electron chi connectivity index (χ2n) is 9.28. The third kappa shape index (κ3) is 6.87. The van der Waals surface area contributed by atoms with Crippen molar-refractivity contribution in [1.82, 2.24) is 9.80 Å². The highest BCUT2D eigenvalue weighted by Gasteiger charge is 2.60. The first-order valence-corrected chi connectivity index (χ1v) is 11.7. The summed E-state index contributed by atoms with van der Waals surface area (Å²) in [7, 11) is 0. The number of rotatable bonds is 5. The third-order valence-corrected chi connectivity index (χ3v) is 6.51. The minimum Gasteiger partial charge on any atom is -0.426 e. The van der Waals surface area contributed by atoms with E-state index < -0.39 is 30.9 Å². The summed E-state index contributed by atoms with van der Waals surface area (Å²) in [5.41, 5.74) is 0.725. The van der Waals surface area contributed by atoms with Gasteiger partial charge in [-0.3, -0.25) is 4.90 Å². The molecule has 3 aliphatic rings. The highest BCUT2D eigenvalue weighted by atomic mass is 19.4. The number of hydrogen-bond donors (Lipinski definition) is 0. The zero-order valence-electron chi connectivity index (χ0n) is 19.7. The summed E-state index contributed by atoms with van der Waals surface area (Å²) >= 11 is 0. The van der Waals surface area contributed by atoms with Crippen molar-refractivity contribution in [3.8, 4) is 5.75 Å². The predicted molar refractivity (Wildman–Crippen MR) is 112 cm³/mol. The number of amides is 1. The summed E-state index contributed by atoms with van der Waals surface area (Å²) < 4.78 is 129. The van der Waals surface area contributed by atoms with Gasteiger partial charge in [-0.25, -0.2) is 4.79 Å². The van der Waals surface area contributed by atoms with Crippen molar-refractivity contribution in [2.24, 2.45) is 0 Å². The molecule has 1 aromatic carbocycles. The van der Waals surface area contributed by atoms with Gasteiger partial charge in [0.15, 0.2) is 5.75 Å². The van der Waals surface area contributed by atoms with Crippen LogP contribution < -0.4 is 9.64 Å². The van der Waals surface area contributed by atoms with Gasteiger partial charge in [0, 0.05) is 45.8 Å². The summed E-state index contributed by atoms with van der Waals surface area (Å²) in [6, 6.07) is 4.22. The molecular formula is C22H24F9N3O4. The lowest BCUT2D eigenvalue weighted by Gasteiger charge is -2.38. The summed E-state index contributed by atoms with van der Waals surface area (Å²) in [5.74, 6) is -0.385. The minimum atomic E-state index is -5.82. The highest BCUT2D eigenvalue weighted by molar-refractivity contribution is 5.68. The van der Waals surface area contributed by atoms with Crippen molar-refractivity contribution in [3.63, 3.8) is 0 Å². The second-order valence-corrected chi connectivity index (χ2v) is 9.28. The first kappa shape index (κ1) is 28.4. The van der Waals surface area contributed by atoms with Gasteiger partial charge in [0.25, 0.3) is 6.10 Å². The largest absolute Gasteiger partial charge is 0.573 e. The summed E-state index contributed by atoms with van der Waals surface area (Å²) in [4.78, 5) is 16.2. The number of carbonyl (C=O) groups excluding carboxylic acids is 1. The molecule has 3 saturated heterocycles. The lowest BCUT2D eigenvalue weighted by atomic mass is 10.1. The topological polar surface area (TPSA) is 54.5 Å². The molecule has 3 aliphatic heterocycles. The van der Waals surface area contributed by atoms with E-state index in [-0.39, 0.29) is 56.4 Å². The zero-order valence-corrected chi connectivity index (χ0v) is 19.7. The number of anilines is 1. The molecule has 3 heterocycles. The molecule has 2 bridgehead atoms. The van der Waals surface area contributed by atoms with Crippen LogP contribution >= 0.6 is 0 Å². The number of benzene rings is 1. The van der Waals surface area contributed by atoms with E-state index >= 15 is 0 Å². The van der Waals surface area contributed by atoms with Crippen molar-refractivity contribution in [3.05, 3.63) is 23.8 Å². The van der Waals surface area contributed by atoms with E-state index in [1.165, 1.54) is 12.1 Å². The molecule has 0 aromatic heterocycles. The van der Waals surface area contributed by atoms with Crippen LogP contribution in [0.25, 0.3) is 0 Å². The van der Waals surface area contributed by atoms with Crippen molar-refractivity contribution >= 4 is 11.8 Å². The molecule has 1 aromatic rings. The van der Waals surface area contributed by atoms with Gasteiger partial charge < -0.3 is 24.0 Å². The number of para-hydroxylation sites is 1. The van der Waals surface area contributed by atoms with E-state index in [0.29, 0.717) is 18.7 Å². The smallest absolute Gasteiger partial charge is 0.426 e. The van der Waals surface area contributed by atoms with Crippen LogP contribution in [0.1, 0.15) is 18.4 Å². The number of nitrogens with zero attached hydrogens (tertiary/aromatic N) is 3. The number of morpholine rings is 1. The van der Waals surface area contributed by atoms with E-state index in [0.717, 1.165) is 17.7 Å². The van der Waals surface area contributed by atoms with Crippen molar-refractivity contribution in [2.75, 3.05) is 44.2 Å². The van der Waals surface area contributed by atoms with Crippen LogP contribution in [0.3, 0.4) is 0 Å². The zero-order chi connectivity index (χ0) is 27.9. The molecule has 2 atom stereocenters. The maximum Gasteiger partial charge on any atom is 0.573 e. The van der Waals surface area contributed by atoms with Crippen LogP contribution in [0, 0.1) is 0 Å². The summed E-state index contributed by atoms with van der Waals surface area (Å²) in [6.07, 6.45) is -21.3. The summed E-state index contributed by atoms with van der Waals surface area (Å²) in [6.45, 7) is 0.426. The summed E-state index contributed by atoms with van der Waals surface area (Å²) in [5, 5.41) is 0. The molecule has 0 spiro atoms. The Bertz CT molecular complexity index is 968. The van der Waals surface area contributed by atoms with Gasteiger partial charge in [0.2, 0.25) is 0 Å². The maximum absolute atomic E-state index is 13.1. The fourth-order valence-electron chi connectivity index (χ4n) is 4.88. The molecule has 0 saturated carbocycles. The molecule has 1 amide bonds. The number of alkyl halides is 9. The maximum atomic E-state index is 13.1. The lowest BCUT2D eigenvalue weighted by molar-refractivity contribution is -0.308. The Labute approximate surface area is 211 Å². The Kier molecular flexibility index (Phi) is 7.85. The van der Waals surface area contributed by atoms with Crippen LogP contribution in [0.5, 0.6) is 5.75 Å². The monoisotopic (exact) mass is 565 g/mol. The SMILES string of the molecule is O=C(OC(C(F)(F)F)C(F)(F)F)N1CCN(Cc2cccc(OC(F)(F)F)c2N2CC3CCC(C2)O3)CC1. The van der Waals surface area contributed by atoms with Crippen LogP contribution in [-0.4, -0.2) is 92.2 Å². The fourth-order valence-corrected chi connectivity index (χ4v) is 4.88. The molecule has 4 rings (SSSR count). The van der Waals surface area contributed by atoms with E-state index in [2.05, 4.69) is 9.47 Å². The van der Waals surface area contributed by atoms with Crippen molar-refractivity contribution in [1.29, 1.82) is 0 Å². The number of fused-ring (bicyclic) bond motifs is 2. The van der Waals surface area contributed by atoms with Crippen LogP contribution in [0.4, 0.5) is 50.0 Å². The van der Waals surface area contributed by atoms with Gasteiger partial charge >= 0.3 is 24.8 Å². The Hall–Kier alpha value is -2.62. The average molecular weight is 565 g/mol. The molecular weight excluding hydrogens is 541 g/mol. The van der Waals surface area contributed by atoms with Crippen LogP contribution in [0.2, 0.25) is 0 Å². The fraction of sp³-hybridized carbons (Fsp3) is 0.682. The van der Waals surface area contributed by atoms with E-state index in [4.69, 9.17) is 4.74 Å². The minimum absolute atomic E-state index is 0.0377. The standard InChI is InChI=1S/C22H24F9N3O4/c23-20(24,25)18(21(26,27)28)37-19(35)33-8-6-32(7-9-33)10-13-2-1-3-16(38-22(29,30)31)17(13)34-11-14-4-5-15(12-34)36-14/h1-3,14-15,18H,4-12H2. The predicted octanol–water partition coefficient (Wildman–Crippen LogP) is 4.70. The molecule has 38 heavy (non-hydrogen) atoms. The number of carbonyl (C=O) groups is 1. The number of piperazine rings is 1.